The van der Waals surface area contributed by atoms with Gasteiger partial charge in [0.15, 0.2) is 6.10 Å². The molecule has 0 saturated heterocycles. The second kappa shape index (κ2) is 9.56. The van der Waals surface area contributed by atoms with Crippen molar-refractivity contribution >= 4 is 38.9 Å². The fourth-order valence-electron chi connectivity index (χ4n) is 3.31. The molecule has 1 amide bonds. The van der Waals surface area contributed by atoms with Gasteiger partial charge in [0, 0.05) is 10.7 Å². The molecule has 0 unspecified atom stereocenters. The zero-order valence-electron chi connectivity index (χ0n) is 17.5. The van der Waals surface area contributed by atoms with Gasteiger partial charge in [0.2, 0.25) is 0 Å². The minimum atomic E-state index is -3.96. The van der Waals surface area contributed by atoms with Gasteiger partial charge in [0.25, 0.3) is 15.9 Å². The minimum absolute atomic E-state index is 0.0675. The zero-order valence-corrected chi connectivity index (χ0v) is 19.1. The molecule has 0 spiro atoms. The number of para-hydroxylation sites is 2. The lowest BCUT2D eigenvalue weighted by Gasteiger charge is -2.34. The molecule has 33 heavy (non-hydrogen) atoms. The van der Waals surface area contributed by atoms with Crippen LogP contribution in [-0.4, -0.2) is 33.6 Å². The molecular weight excluding hydrogens is 464 g/mol. The molecule has 3 aromatic carbocycles. The van der Waals surface area contributed by atoms with Gasteiger partial charge in [-0.3, -0.25) is 9.10 Å². The SMILES string of the molecule is C=CCOc1ccc(NC(=O)[C@H]2CN(S(=O)(=O)c3ccc(Cl)cc3)c3ccccc3O2)cc1. The molecule has 0 aliphatic carbocycles. The highest BCUT2D eigenvalue weighted by molar-refractivity contribution is 7.92. The fraction of sp³-hybridized carbons (Fsp3) is 0.125. The number of anilines is 2. The van der Waals surface area contributed by atoms with Crippen molar-refractivity contribution in [3.05, 3.63) is 90.5 Å². The summed E-state index contributed by atoms with van der Waals surface area (Å²) < 4.78 is 39.2. The number of sulfonamides is 1. The van der Waals surface area contributed by atoms with Crippen molar-refractivity contribution in [3.63, 3.8) is 0 Å². The van der Waals surface area contributed by atoms with E-state index >= 15 is 0 Å². The molecule has 1 N–H and O–H groups in total. The van der Waals surface area contributed by atoms with E-state index in [0.29, 0.717) is 34.5 Å². The molecule has 170 valence electrons. The summed E-state index contributed by atoms with van der Waals surface area (Å²) in [4.78, 5) is 13.0. The highest BCUT2D eigenvalue weighted by Gasteiger charge is 2.37. The quantitative estimate of drug-likeness (QED) is 0.499. The largest absolute Gasteiger partial charge is 0.490 e. The molecule has 0 radical (unpaired) electrons. The van der Waals surface area contributed by atoms with Gasteiger partial charge in [0.1, 0.15) is 18.1 Å². The number of amides is 1. The van der Waals surface area contributed by atoms with Crippen molar-refractivity contribution in [1.29, 1.82) is 0 Å². The highest BCUT2D eigenvalue weighted by atomic mass is 35.5. The standard InChI is InChI=1S/C24H21ClN2O5S/c1-2-15-31-19-11-9-18(10-12-19)26-24(28)23-16-27(21-5-3-4-6-22(21)32-23)33(29,30)20-13-7-17(25)8-14-20/h2-14,23H,1,15-16H2,(H,26,28)/t23-/m1/s1. The highest BCUT2D eigenvalue weighted by Crippen LogP contribution is 2.37. The molecule has 3 aromatic rings. The number of ether oxygens (including phenoxy) is 2. The van der Waals surface area contributed by atoms with Crippen molar-refractivity contribution in [1.82, 2.24) is 0 Å². The van der Waals surface area contributed by atoms with Crippen LogP contribution < -0.4 is 19.1 Å². The van der Waals surface area contributed by atoms with Crippen LogP contribution >= 0.6 is 11.6 Å². The van der Waals surface area contributed by atoms with E-state index in [9.17, 15) is 13.2 Å². The number of nitrogens with one attached hydrogen (secondary N) is 1. The van der Waals surface area contributed by atoms with E-state index < -0.39 is 22.0 Å². The number of benzene rings is 3. The lowest BCUT2D eigenvalue weighted by molar-refractivity contribution is -0.122. The van der Waals surface area contributed by atoms with Gasteiger partial charge in [-0.15, -0.1) is 0 Å². The number of carbonyl (C=O) groups is 1. The molecule has 1 aliphatic heterocycles. The summed E-state index contributed by atoms with van der Waals surface area (Å²) >= 11 is 5.91. The number of hydrogen-bond acceptors (Lipinski definition) is 5. The van der Waals surface area contributed by atoms with Crippen LogP contribution in [0.5, 0.6) is 11.5 Å². The molecule has 1 aliphatic rings. The monoisotopic (exact) mass is 484 g/mol. The Hall–Kier alpha value is -3.49. The van der Waals surface area contributed by atoms with Crippen LogP contribution in [0.15, 0.2) is 90.3 Å². The van der Waals surface area contributed by atoms with Gasteiger partial charge in [-0.25, -0.2) is 8.42 Å². The van der Waals surface area contributed by atoms with Crippen LogP contribution in [0.3, 0.4) is 0 Å². The zero-order chi connectivity index (χ0) is 23.4. The first kappa shape index (κ1) is 22.7. The fourth-order valence-corrected chi connectivity index (χ4v) is 4.91. The summed E-state index contributed by atoms with van der Waals surface area (Å²) in [5, 5.41) is 3.19. The smallest absolute Gasteiger partial charge is 0.267 e. The first-order valence-electron chi connectivity index (χ1n) is 10.1. The number of fused-ring (bicyclic) bond motifs is 1. The number of halogens is 1. The Labute approximate surface area is 197 Å². The molecule has 7 nitrogen and oxygen atoms in total. The summed E-state index contributed by atoms with van der Waals surface area (Å²) in [6.45, 7) is 3.79. The van der Waals surface area contributed by atoms with Crippen molar-refractivity contribution in [3.8, 4) is 11.5 Å². The number of carbonyl (C=O) groups excluding carboxylic acids is 1. The Morgan fingerprint density at radius 1 is 1.12 bits per heavy atom. The van der Waals surface area contributed by atoms with Crippen LogP contribution in [-0.2, 0) is 14.8 Å². The van der Waals surface area contributed by atoms with Gasteiger partial charge in [-0.1, -0.05) is 36.4 Å². The van der Waals surface area contributed by atoms with Crippen LogP contribution in [0.1, 0.15) is 0 Å². The molecule has 0 aromatic heterocycles. The Kier molecular flexibility index (Phi) is 6.57. The van der Waals surface area contributed by atoms with Crippen LogP contribution in [0.2, 0.25) is 5.02 Å². The van der Waals surface area contributed by atoms with Gasteiger partial charge in [0.05, 0.1) is 17.1 Å². The van der Waals surface area contributed by atoms with E-state index in [0.717, 1.165) is 0 Å². The molecule has 1 heterocycles. The van der Waals surface area contributed by atoms with Crippen LogP contribution in [0.25, 0.3) is 0 Å². The third-order valence-electron chi connectivity index (χ3n) is 4.92. The van der Waals surface area contributed by atoms with E-state index in [2.05, 4.69) is 11.9 Å². The van der Waals surface area contributed by atoms with E-state index in [4.69, 9.17) is 21.1 Å². The van der Waals surface area contributed by atoms with E-state index in [1.165, 1.54) is 28.6 Å². The van der Waals surface area contributed by atoms with Crippen LogP contribution in [0.4, 0.5) is 11.4 Å². The number of hydrogen-bond donors (Lipinski definition) is 1. The summed E-state index contributed by atoms with van der Waals surface area (Å²) in [6, 6.07) is 19.4. The van der Waals surface area contributed by atoms with Crippen molar-refractivity contribution in [2.75, 3.05) is 22.8 Å². The average molecular weight is 485 g/mol. The van der Waals surface area contributed by atoms with E-state index in [-0.39, 0.29) is 11.4 Å². The van der Waals surface area contributed by atoms with Gasteiger partial charge in [-0.05, 0) is 60.7 Å². The maximum absolute atomic E-state index is 13.4. The van der Waals surface area contributed by atoms with Gasteiger partial charge < -0.3 is 14.8 Å². The average Bonchev–Trinajstić information content (AvgIpc) is 2.83. The maximum atomic E-state index is 13.4. The van der Waals surface area contributed by atoms with Crippen molar-refractivity contribution in [2.24, 2.45) is 0 Å². The first-order chi connectivity index (χ1) is 15.9. The normalized spacial score (nSPS) is 15.2. The lowest BCUT2D eigenvalue weighted by Crippen LogP contribution is -2.48. The Morgan fingerprint density at radius 2 is 1.82 bits per heavy atom. The Morgan fingerprint density at radius 3 is 2.52 bits per heavy atom. The molecule has 0 fully saturated rings. The van der Waals surface area contributed by atoms with Crippen LogP contribution in [0, 0.1) is 0 Å². The molecule has 0 bridgehead atoms. The predicted octanol–water partition coefficient (Wildman–Crippen LogP) is 4.50. The summed E-state index contributed by atoms with van der Waals surface area (Å²) in [7, 11) is -3.96. The lowest BCUT2D eigenvalue weighted by atomic mass is 10.2. The summed E-state index contributed by atoms with van der Waals surface area (Å²) in [6.07, 6.45) is 0.580. The Bertz CT molecular complexity index is 1260. The number of nitrogens with zero attached hydrogens (tertiary/aromatic N) is 1. The first-order valence-corrected chi connectivity index (χ1v) is 11.9. The summed E-state index contributed by atoms with van der Waals surface area (Å²) in [5.74, 6) is 0.464. The number of rotatable bonds is 7. The Balaban J connectivity index is 1.57. The molecule has 9 heteroatoms. The molecular formula is C24H21ClN2O5S. The molecule has 0 saturated carbocycles. The molecule has 4 rings (SSSR count). The molecule has 1 atom stereocenters. The third kappa shape index (κ3) is 4.97. The second-order valence-corrected chi connectivity index (χ2v) is 9.48. The van der Waals surface area contributed by atoms with Crippen molar-refractivity contribution < 1.29 is 22.7 Å². The predicted molar refractivity (Wildman–Crippen MR) is 128 cm³/mol. The van der Waals surface area contributed by atoms with E-state index in [1.807, 2.05) is 0 Å². The van der Waals surface area contributed by atoms with Gasteiger partial charge >= 0.3 is 0 Å². The second-order valence-electron chi connectivity index (χ2n) is 7.18. The topological polar surface area (TPSA) is 84.9 Å². The third-order valence-corrected chi connectivity index (χ3v) is 6.96. The van der Waals surface area contributed by atoms with Crippen molar-refractivity contribution in [2.45, 2.75) is 11.0 Å². The van der Waals surface area contributed by atoms with Gasteiger partial charge in [-0.2, -0.15) is 0 Å². The maximum Gasteiger partial charge on any atom is 0.267 e. The van der Waals surface area contributed by atoms with E-state index in [1.54, 1.807) is 54.6 Å². The minimum Gasteiger partial charge on any atom is -0.490 e. The summed E-state index contributed by atoms with van der Waals surface area (Å²) in [5.41, 5.74) is 0.890.